The molecule has 0 radical (unpaired) electrons. The lowest BCUT2D eigenvalue weighted by molar-refractivity contribution is -0.351. The molecule has 8 N–H and O–H groups in total. The number of nitrogens with zero attached hydrogens (tertiary/aromatic N) is 2. The highest BCUT2D eigenvalue weighted by molar-refractivity contribution is 6.06. The number of fused-ring (bicyclic) bond motifs is 2. The molecular weight excluding hydrogens is 632 g/mol. The van der Waals surface area contributed by atoms with E-state index < -0.39 is 82.1 Å². The fourth-order valence-corrected chi connectivity index (χ4v) is 5.08. The lowest BCUT2D eigenvalue weighted by atomic mass is 10.1. The molecule has 1 fully saturated rings. The second-order valence-corrected chi connectivity index (χ2v) is 11.7. The van der Waals surface area contributed by atoms with Gasteiger partial charge in [-0.3, -0.25) is 9.53 Å². The molecule has 18 nitrogen and oxygen atoms in total. The van der Waals surface area contributed by atoms with Crippen molar-refractivity contribution in [3.05, 3.63) is 76.9 Å². The minimum atomic E-state index is -3.23. The van der Waals surface area contributed by atoms with E-state index in [9.17, 15) is 50.4 Å². The Bertz CT molecular complexity index is 1670. The fraction of sp³-hybridized carbons (Fsp3) is 0.379. The number of hydrogen-bond acceptors (Lipinski definition) is 16. The number of anilines is 1. The molecule has 18 heteroatoms. The quantitative estimate of drug-likeness (QED) is 0.166. The van der Waals surface area contributed by atoms with Gasteiger partial charge in [-0.2, -0.15) is 0 Å². The number of ether oxygens (including phenoxy) is 6. The van der Waals surface area contributed by atoms with Crippen LogP contribution < -0.4 is 14.4 Å². The first-order chi connectivity index (χ1) is 21.8. The van der Waals surface area contributed by atoms with Gasteiger partial charge in [0.05, 0.1) is 24.4 Å². The summed E-state index contributed by atoms with van der Waals surface area (Å²) >= 11 is 0. The van der Waals surface area contributed by atoms with Gasteiger partial charge in [-0.1, -0.05) is 12.2 Å². The molecule has 1 saturated heterocycles. The van der Waals surface area contributed by atoms with Crippen molar-refractivity contribution in [3.8, 4) is 11.5 Å². The summed E-state index contributed by atoms with van der Waals surface area (Å²) in [6, 6.07) is 0.939. The summed E-state index contributed by atoms with van der Waals surface area (Å²) in [7, 11) is 1.17. The Kier molecular flexibility index (Phi) is 7.78. The predicted molar refractivity (Wildman–Crippen MR) is 154 cm³/mol. The monoisotopic (exact) mass is 664 g/mol. The first-order valence-electron chi connectivity index (χ1n) is 13.7. The largest absolute Gasteiger partial charge is 0.502 e. The molecule has 1 aromatic carbocycles. The van der Waals surface area contributed by atoms with E-state index in [4.69, 9.17) is 28.4 Å². The number of hydrogen-bond donors (Lipinski definition) is 8. The van der Waals surface area contributed by atoms with Gasteiger partial charge in [0.1, 0.15) is 18.1 Å². The van der Waals surface area contributed by atoms with E-state index in [-0.39, 0.29) is 30.0 Å². The van der Waals surface area contributed by atoms with E-state index in [2.05, 4.69) is 6.58 Å². The van der Waals surface area contributed by atoms with Crippen molar-refractivity contribution in [3.63, 3.8) is 0 Å². The molecule has 0 aliphatic carbocycles. The minimum absolute atomic E-state index is 0.0147. The molecule has 0 aromatic heterocycles. The SMILES string of the molecule is C=C1C[C@H]2[C@H](OC3(O)OC=C(O)C(O)=C3O)N(C(=O)OC(C)(C)C)c3cc(OC4(O)OC=C(O)C(O)=C4O)c(OC)cc3C(=O)N2C1. The molecule has 4 atom stereocenters. The molecule has 4 heterocycles. The summed E-state index contributed by atoms with van der Waals surface area (Å²) in [6.45, 7) is 8.48. The van der Waals surface area contributed by atoms with Gasteiger partial charge in [-0.15, -0.1) is 0 Å². The van der Waals surface area contributed by atoms with Crippen molar-refractivity contribution in [2.75, 3.05) is 18.6 Å². The maximum Gasteiger partial charge on any atom is 0.436 e. The first kappa shape index (κ1) is 32.9. The van der Waals surface area contributed by atoms with Gasteiger partial charge in [-0.05, 0) is 33.3 Å². The van der Waals surface area contributed by atoms with Gasteiger partial charge in [0, 0.05) is 12.6 Å². The van der Waals surface area contributed by atoms with E-state index in [0.717, 1.165) is 17.0 Å². The van der Waals surface area contributed by atoms with Crippen molar-refractivity contribution >= 4 is 17.7 Å². The summed E-state index contributed by atoms with van der Waals surface area (Å²) < 4.78 is 32.1. The summed E-state index contributed by atoms with van der Waals surface area (Å²) in [6.07, 6.45) is -2.08. The van der Waals surface area contributed by atoms with Crippen LogP contribution in [0.4, 0.5) is 10.5 Å². The second kappa shape index (κ2) is 11.1. The van der Waals surface area contributed by atoms with Crippen LogP contribution in [0.1, 0.15) is 37.6 Å². The summed E-state index contributed by atoms with van der Waals surface area (Å²) in [5.41, 5.74) is -1.26. The fourth-order valence-electron chi connectivity index (χ4n) is 5.08. The summed E-state index contributed by atoms with van der Waals surface area (Å²) in [5.74, 6) is -15.0. The number of methoxy groups -OCH3 is 1. The zero-order valence-corrected chi connectivity index (χ0v) is 25.3. The Labute approximate surface area is 265 Å². The van der Waals surface area contributed by atoms with E-state index in [0.29, 0.717) is 18.1 Å². The van der Waals surface area contributed by atoms with Gasteiger partial charge in [0.2, 0.25) is 17.3 Å². The standard InChI is InChI=1S/C29H32N2O16/c1-12-6-15-25(46-29(41)23(37)21(35)17(33)11-44-29)31(26(39)47-27(2,3)4)14-8-19(18(42-5)7-13(14)24(38)30(15)9-12)45-28(40)22(36)20(34)16(32)10-43-28/h7-8,10-11,15,25,32-37,40-41H,1,6,9H2,2-5H3/t15-,25-,28?,29?/m0/s1. The van der Waals surface area contributed by atoms with Crippen molar-refractivity contribution in [1.82, 2.24) is 4.90 Å². The van der Waals surface area contributed by atoms with Crippen molar-refractivity contribution < 1.29 is 78.9 Å². The molecule has 4 aliphatic rings. The Morgan fingerprint density at radius 2 is 1.53 bits per heavy atom. The molecule has 4 aliphatic heterocycles. The Morgan fingerprint density at radius 1 is 0.957 bits per heavy atom. The molecule has 47 heavy (non-hydrogen) atoms. The Balaban J connectivity index is 1.72. The molecule has 254 valence electrons. The average molecular weight is 665 g/mol. The average Bonchev–Trinajstić information content (AvgIpc) is 3.36. The van der Waals surface area contributed by atoms with Crippen molar-refractivity contribution in [1.29, 1.82) is 0 Å². The van der Waals surface area contributed by atoms with Gasteiger partial charge in [-0.25, -0.2) is 9.69 Å². The van der Waals surface area contributed by atoms with Gasteiger partial charge in [0.15, 0.2) is 29.2 Å². The maximum atomic E-state index is 14.1. The molecule has 5 rings (SSSR count). The molecule has 0 saturated carbocycles. The van der Waals surface area contributed by atoms with E-state index in [1.54, 1.807) is 0 Å². The van der Waals surface area contributed by atoms with Crippen LogP contribution in [0.25, 0.3) is 0 Å². The van der Waals surface area contributed by atoms with Crippen LogP contribution in [0, 0.1) is 0 Å². The molecule has 1 aromatic rings. The molecule has 2 amide bonds. The topological polar surface area (TPSA) is 258 Å². The summed E-state index contributed by atoms with van der Waals surface area (Å²) in [5, 5.41) is 82.6. The smallest absolute Gasteiger partial charge is 0.436 e. The maximum absolute atomic E-state index is 14.1. The van der Waals surface area contributed by atoms with Crippen LogP contribution in [0.2, 0.25) is 0 Å². The highest BCUT2D eigenvalue weighted by Crippen LogP contribution is 2.46. The van der Waals surface area contributed by atoms with Gasteiger partial charge < -0.3 is 69.4 Å². The molecule has 0 bridgehead atoms. The van der Waals surface area contributed by atoms with Crippen LogP contribution >= 0.6 is 0 Å². The van der Waals surface area contributed by atoms with Crippen molar-refractivity contribution in [2.24, 2.45) is 0 Å². The third-order valence-electron chi connectivity index (χ3n) is 7.22. The van der Waals surface area contributed by atoms with Gasteiger partial charge in [0.25, 0.3) is 11.7 Å². The van der Waals surface area contributed by atoms with Crippen LogP contribution in [0.3, 0.4) is 0 Å². The highest BCUT2D eigenvalue weighted by atomic mass is 16.8. The third-order valence-corrected chi connectivity index (χ3v) is 7.22. The van der Waals surface area contributed by atoms with Gasteiger partial charge >= 0.3 is 18.0 Å². The lowest BCUT2D eigenvalue weighted by Gasteiger charge is -2.40. The number of benzene rings is 1. The molecule has 2 unspecified atom stereocenters. The van der Waals surface area contributed by atoms with Crippen molar-refractivity contribution in [2.45, 2.75) is 57.0 Å². The van der Waals surface area contributed by atoms with Crippen LogP contribution in [0.5, 0.6) is 11.5 Å². The zero-order chi connectivity index (χ0) is 34.8. The Hall–Kier alpha value is -5.46. The van der Waals surface area contributed by atoms with Crippen LogP contribution in [0.15, 0.2) is 71.4 Å². The number of carbonyl (C=O) groups excluding carboxylic acids is 2. The highest BCUT2D eigenvalue weighted by Gasteiger charge is 2.54. The van der Waals surface area contributed by atoms with E-state index in [1.165, 1.54) is 32.8 Å². The van der Waals surface area contributed by atoms with E-state index >= 15 is 0 Å². The third kappa shape index (κ3) is 5.62. The number of aliphatic hydroxyl groups is 8. The summed E-state index contributed by atoms with van der Waals surface area (Å²) in [4.78, 5) is 30.1. The first-order valence-corrected chi connectivity index (χ1v) is 13.7. The number of amides is 2. The second-order valence-electron chi connectivity index (χ2n) is 11.7. The minimum Gasteiger partial charge on any atom is -0.502 e. The predicted octanol–water partition coefficient (Wildman–Crippen LogP) is 2.75. The van der Waals surface area contributed by atoms with E-state index in [1.807, 2.05) is 0 Å². The normalized spacial score (nSPS) is 27.6. The number of carbonyl (C=O) groups is 2. The van der Waals surface area contributed by atoms with Crippen LogP contribution in [-0.4, -0.2) is 101 Å². The Morgan fingerprint density at radius 3 is 2.11 bits per heavy atom. The zero-order valence-electron chi connectivity index (χ0n) is 25.3. The number of aliphatic hydroxyl groups excluding tert-OH is 6. The number of rotatable bonds is 5. The lowest BCUT2D eigenvalue weighted by Crippen LogP contribution is -2.57. The van der Waals surface area contributed by atoms with Crippen LogP contribution in [-0.2, 0) is 18.9 Å². The molecule has 0 spiro atoms. The molecular formula is C29H32N2O16.